The lowest BCUT2D eigenvalue weighted by atomic mass is 10.2. The molecule has 0 spiro atoms. The third-order valence-corrected chi connectivity index (χ3v) is 1.37. The molecule has 0 aromatic rings. The number of nitrogens with two attached hydrogens (primary N) is 1. The normalized spacial score (nSPS) is 27.0. The quantitative estimate of drug-likeness (QED) is 0.405. The molecule has 0 fully saturated rings. The van der Waals surface area contributed by atoms with Crippen LogP contribution in [-0.4, -0.2) is 11.3 Å². The summed E-state index contributed by atoms with van der Waals surface area (Å²) in [6.07, 6.45) is 2.02. The Morgan fingerprint density at radius 1 is 1.89 bits per heavy atom. The number of carbonyl (C=O) groups is 1. The van der Waals surface area contributed by atoms with Gasteiger partial charge in [-0.25, -0.2) is 0 Å². The van der Waals surface area contributed by atoms with Crippen molar-refractivity contribution in [2.24, 2.45) is 5.73 Å². The molecular formula is C5H8N2OS. The zero-order chi connectivity index (χ0) is 6.85. The molecule has 1 atom stereocenters. The Kier molecular flexibility index (Phi) is 1.66. The van der Waals surface area contributed by atoms with Crippen molar-refractivity contribution in [2.75, 3.05) is 0 Å². The monoisotopic (exact) mass is 144 g/mol. The Morgan fingerprint density at radius 2 is 2.56 bits per heavy atom. The first-order valence-electron chi connectivity index (χ1n) is 2.63. The smallest absolute Gasteiger partial charge is 0.246 e. The summed E-state index contributed by atoms with van der Waals surface area (Å²) in [5, 5.41) is 2.47. The molecule has 0 radical (unpaired) electrons. The van der Waals surface area contributed by atoms with Gasteiger partial charge in [-0.15, -0.1) is 0 Å². The molecule has 0 aromatic carbocycles. The molecule has 0 saturated heterocycles. The van der Waals surface area contributed by atoms with Crippen molar-refractivity contribution >= 4 is 18.5 Å². The summed E-state index contributed by atoms with van der Waals surface area (Å²) in [6.45, 7) is 0. The third kappa shape index (κ3) is 1.64. The minimum Gasteiger partial charge on any atom is -0.402 e. The highest BCUT2D eigenvalue weighted by Gasteiger charge is 2.12. The van der Waals surface area contributed by atoms with Crippen LogP contribution in [-0.2, 0) is 4.79 Å². The van der Waals surface area contributed by atoms with Gasteiger partial charge >= 0.3 is 0 Å². The zero-order valence-corrected chi connectivity index (χ0v) is 5.69. The average Bonchev–Trinajstić information content (AvgIpc) is 1.59. The van der Waals surface area contributed by atoms with Crippen LogP contribution in [0.2, 0.25) is 0 Å². The molecule has 0 bridgehead atoms. The fraction of sp³-hybridized carbons (Fsp3) is 0.400. The number of carbonyl (C=O) groups excluding carboxylic acids is 1. The van der Waals surface area contributed by atoms with Crippen LogP contribution in [0.25, 0.3) is 0 Å². The van der Waals surface area contributed by atoms with Crippen molar-refractivity contribution in [3.05, 3.63) is 11.8 Å². The van der Waals surface area contributed by atoms with Crippen LogP contribution in [0.5, 0.6) is 0 Å². The highest BCUT2D eigenvalue weighted by atomic mass is 32.1. The van der Waals surface area contributed by atoms with Crippen molar-refractivity contribution in [3.8, 4) is 0 Å². The molecule has 9 heavy (non-hydrogen) atoms. The third-order valence-electron chi connectivity index (χ3n) is 1.05. The summed E-state index contributed by atoms with van der Waals surface area (Å²) < 4.78 is 0. The Hall–Kier alpha value is -0.640. The summed E-state index contributed by atoms with van der Waals surface area (Å²) in [5.74, 6) is -0.154. The van der Waals surface area contributed by atoms with Gasteiger partial charge in [0.1, 0.15) is 0 Å². The molecule has 4 heteroatoms. The van der Waals surface area contributed by atoms with Crippen LogP contribution in [0.15, 0.2) is 11.8 Å². The molecule has 0 saturated carbocycles. The van der Waals surface area contributed by atoms with E-state index in [9.17, 15) is 4.79 Å². The number of amides is 1. The largest absolute Gasteiger partial charge is 0.402 e. The molecule has 1 aliphatic rings. The van der Waals surface area contributed by atoms with Gasteiger partial charge in [-0.2, -0.15) is 12.6 Å². The molecule has 1 rings (SSSR count). The molecule has 0 aromatic heterocycles. The van der Waals surface area contributed by atoms with Gasteiger partial charge in [-0.05, 0) is 0 Å². The van der Waals surface area contributed by atoms with E-state index >= 15 is 0 Å². The van der Waals surface area contributed by atoms with E-state index in [4.69, 9.17) is 5.73 Å². The topological polar surface area (TPSA) is 55.1 Å². The van der Waals surface area contributed by atoms with E-state index in [1.165, 1.54) is 6.08 Å². The van der Waals surface area contributed by atoms with Gasteiger partial charge < -0.3 is 11.1 Å². The first kappa shape index (κ1) is 6.48. The van der Waals surface area contributed by atoms with Crippen LogP contribution in [0.4, 0.5) is 0 Å². The predicted molar refractivity (Wildman–Crippen MR) is 37.8 cm³/mol. The maximum absolute atomic E-state index is 10.6. The molecule has 3 N–H and O–H groups in total. The van der Waals surface area contributed by atoms with Crippen LogP contribution in [0.3, 0.4) is 0 Å². The van der Waals surface area contributed by atoms with E-state index in [1.54, 1.807) is 0 Å². The second-order valence-electron chi connectivity index (χ2n) is 1.95. The lowest BCUT2D eigenvalue weighted by Crippen LogP contribution is -2.35. The van der Waals surface area contributed by atoms with Gasteiger partial charge in [0.2, 0.25) is 5.91 Å². The Balaban J connectivity index is 2.67. The van der Waals surface area contributed by atoms with Crippen LogP contribution < -0.4 is 11.1 Å². The van der Waals surface area contributed by atoms with Crippen molar-refractivity contribution in [1.29, 1.82) is 0 Å². The van der Waals surface area contributed by atoms with Gasteiger partial charge in [0.05, 0.1) is 5.37 Å². The van der Waals surface area contributed by atoms with Gasteiger partial charge in [0.25, 0.3) is 0 Å². The van der Waals surface area contributed by atoms with E-state index in [0.29, 0.717) is 12.1 Å². The number of hydrogen-bond donors (Lipinski definition) is 3. The van der Waals surface area contributed by atoms with E-state index in [1.807, 2.05) is 0 Å². The predicted octanol–water partition coefficient (Wildman–Crippen LogP) is -0.395. The van der Waals surface area contributed by atoms with Crippen molar-refractivity contribution < 1.29 is 4.79 Å². The van der Waals surface area contributed by atoms with E-state index < -0.39 is 0 Å². The number of hydrogen-bond acceptors (Lipinski definition) is 3. The van der Waals surface area contributed by atoms with Gasteiger partial charge in [-0.3, -0.25) is 4.79 Å². The molecule has 1 heterocycles. The fourth-order valence-electron chi connectivity index (χ4n) is 0.707. The van der Waals surface area contributed by atoms with Crippen LogP contribution in [0.1, 0.15) is 6.42 Å². The minimum absolute atomic E-state index is 0.109. The maximum atomic E-state index is 10.6. The van der Waals surface area contributed by atoms with Crippen molar-refractivity contribution in [1.82, 2.24) is 5.32 Å². The molecular weight excluding hydrogens is 136 g/mol. The lowest BCUT2D eigenvalue weighted by molar-refractivity contribution is -0.117. The highest BCUT2D eigenvalue weighted by Crippen LogP contribution is 2.07. The number of nitrogens with one attached hydrogen (secondary N) is 1. The summed E-state index contributed by atoms with van der Waals surface area (Å²) in [4.78, 5) is 10.6. The highest BCUT2D eigenvalue weighted by molar-refractivity contribution is 7.80. The molecule has 1 unspecified atom stereocenters. The molecule has 1 amide bonds. The van der Waals surface area contributed by atoms with E-state index in [0.717, 1.165) is 0 Å². The molecule has 50 valence electrons. The molecule has 1 aliphatic heterocycles. The number of rotatable bonds is 0. The summed E-state index contributed by atoms with van der Waals surface area (Å²) in [7, 11) is 0. The molecule has 3 nitrogen and oxygen atoms in total. The fourth-order valence-corrected chi connectivity index (χ4v) is 1.05. The first-order valence-corrected chi connectivity index (χ1v) is 3.15. The number of thiol groups is 1. The maximum Gasteiger partial charge on any atom is 0.246 e. The van der Waals surface area contributed by atoms with Gasteiger partial charge in [-0.1, -0.05) is 0 Å². The second-order valence-corrected chi connectivity index (χ2v) is 2.57. The summed E-state index contributed by atoms with van der Waals surface area (Å²) in [6, 6.07) is 0. The van der Waals surface area contributed by atoms with Crippen molar-refractivity contribution in [2.45, 2.75) is 11.8 Å². The zero-order valence-electron chi connectivity index (χ0n) is 4.79. The lowest BCUT2D eigenvalue weighted by Gasteiger charge is -2.16. The summed E-state index contributed by atoms with van der Waals surface area (Å²) >= 11 is 4.03. The van der Waals surface area contributed by atoms with Crippen molar-refractivity contribution in [3.63, 3.8) is 0 Å². The first-order chi connectivity index (χ1) is 4.18. The van der Waals surface area contributed by atoms with E-state index in [-0.39, 0.29) is 11.3 Å². The standard InChI is InChI=1S/C5H8N2OS/c6-3-1-4(8)7-5(9)2-3/h1,5,9H,2,6H2,(H,7,8). The molecule has 0 aliphatic carbocycles. The van der Waals surface area contributed by atoms with Gasteiger partial charge in [0, 0.05) is 18.2 Å². The average molecular weight is 144 g/mol. The van der Waals surface area contributed by atoms with Crippen LogP contribution >= 0.6 is 12.6 Å². The SMILES string of the molecule is NC1=CC(=O)NC(S)C1. The Bertz CT molecular complexity index is 166. The van der Waals surface area contributed by atoms with E-state index in [2.05, 4.69) is 17.9 Å². The summed E-state index contributed by atoms with van der Waals surface area (Å²) in [5.41, 5.74) is 5.96. The van der Waals surface area contributed by atoms with Crippen LogP contribution in [0, 0.1) is 0 Å². The minimum atomic E-state index is -0.154. The van der Waals surface area contributed by atoms with Gasteiger partial charge in [0.15, 0.2) is 0 Å². The Morgan fingerprint density at radius 3 is 3.00 bits per heavy atom. The Labute approximate surface area is 58.7 Å². The second kappa shape index (κ2) is 2.31.